The highest BCUT2D eigenvalue weighted by Crippen LogP contribution is 2.10. The van der Waals surface area contributed by atoms with Gasteiger partial charge in [0.25, 0.3) is 0 Å². The predicted octanol–water partition coefficient (Wildman–Crippen LogP) is 2.03. The van der Waals surface area contributed by atoms with E-state index in [0.717, 1.165) is 11.3 Å². The summed E-state index contributed by atoms with van der Waals surface area (Å²) >= 11 is 0. The van der Waals surface area contributed by atoms with Crippen molar-refractivity contribution in [3.8, 4) is 5.75 Å². The molecular weight excluding hydrogens is 276 g/mol. The molecule has 106 valence electrons. The third kappa shape index (κ3) is 4.03. The predicted molar refractivity (Wildman–Crippen MR) is 75.4 cm³/mol. The first-order chi connectivity index (χ1) is 9.58. The van der Waals surface area contributed by atoms with E-state index in [1.54, 1.807) is 0 Å². The number of aryl methyl sites for hydroxylation is 1. The van der Waals surface area contributed by atoms with Crippen LogP contribution in [0.5, 0.6) is 5.75 Å². The summed E-state index contributed by atoms with van der Waals surface area (Å²) in [6.07, 6.45) is 3.40. The van der Waals surface area contributed by atoms with Crippen molar-refractivity contribution in [1.82, 2.24) is 9.97 Å². The molecule has 5 nitrogen and oxygen atoms in total. The van der Waals surface area contributed by atoms with E-state index in [2.05, 4.69) is 9.97 Å². The Hall–Kier alpha value is -1.95. The summed E-state index contributed by atoms with van der Waals surface area (Å²) in [4.78, 5) is 7.69. The minimum Gasteiger partial charge on any atom is -0.494 e. The Bertz CT molecular complexity index is 640. The highest BCUT2D eigenvalue weighted by Gasteiger charge is 2.17. The average Bonchev–Trinajstić information content (AvgIpc) is 2.45. The SMILES string of the molecule is Cc1cnc(S(=O)(=O)CCCOc2ccccc2)nc1. The molecule has 20 heavy (non-hydrogen) atoms. The van der Waals surface area contributed by atoms with Crippen molar-refractivity contribution in [3.63, 3.8) is 0 Å². The monoisotopic (exact) mass is 292 g/mol. The Morgan fingerprint density at radius 3 is 2.40 bits per heavy atom. The maximum atomic E-state index is 12.0. The lowest BCUT2D eigenvalue weighted by atomic mass is 10.3. The van der Waals surface area contributed by atoms with Gasteiger partial charge in [0.15, 0.2) is 0 Å². The van der Waals surface area contributed by atoms with Gasteiger partial charge in [0, 0.05) is 12.4 Å². The number of benzene rings is 1. The molecule has 6 heteroatoms. The smallest absolute Gasteiger partial charge is 0.247 e. The topological polar surface area (TPSA) is 69.2 Å². The van der Waals surface area contributed by atoms with Gasteiger partial charge in [0.05, 0.1) is 12.4 Å². The van der Waals surface area contributed by atoms with Crippen LogP contribution in [0.3, 0.4) is 0 Å². The zero-order valence-corrected chi connectivity index (χ0v) is 12.0. The molecule has 0 atom stereocenters. The minimum atomic E-state index is -3.43. The van der Waals surface area contributed by atoms with Crippen LogP contribution in [-0.2, 0) is 9.84 Å². The van der Waals surface area contributed by atoms with E-state index in [1.165, 1.54) is 12.4 Å². The fourth-order valence-electron chi connectivity index (χ4n) is 1.59. The van der Waals surface area contributed by atoms with E-state index < -0.39 is 9.84 Å². The first-order valence-corrected chi connectivity index (χ1v) is 7.92. The van der Waals surface area contributed by atoms with Crippen LogP contribution in [0.25, 0.3) is 0 Å². The maximum Gasteiger partial charge on any atom is 0.247 e. The van der Waals surface area contributed by atoms with E-state index in [0.29, 0.717) is 13.0 Å². The van der Waals surface area contributed by atoms with E-state index in [-0.39, 0.29) is 10.9 Å². The van der Waals surface area contributed by atoms with Crippen LogP contribution in [0.15, 0.2) is 47.9 Å². The molecule has 0 aliphatic carbocycles. The van der Waals surface area contributed by atoms with Gasteiger partial charge in [-0.3, -0.25) is 0 Å². The highest BCUT2D eigenvalue weighted by molar-refractivity contribution is 7.91. The van der Waals surface area contributed by atoms with Gasteiger partial charge in [-0.05, 0) is 31.0 Å². The van der Waals surface area contributed by atoms with Gasteiger partial charge in [-0.2, -0.15) is 0 Å². The van der Waals surface area contributed by atoms with Crippen molar-refractivity contribution >= 4 is 9.84 Å². The van der Waals surface area contributed by atoms with Crippen LogP contribution >= 0.6 is 0 Å². The van der Waals surface area contributed by atoms with Crippen LogP contribution < -0.4 is 4.74 Å². The van der Waals surface area contributed by atoms with Gasteiger partial charge in [-0.15, -0.1) is 0 Å². The molecule has 1 aromatic heterocycles. The molecule has 0 radical (unpaired) electrons. The van der Waals surface area contributed by atoms with Crippen molar-refractivity contribution in [2.75, 3.05) is 12.4 Å². The highest BCUT2D eigenvalue weighted by atomic mass is 32.2. The van der Waals surface area contributed by atoms with Crippen molar-refractivity contribution < 1.29 is 13.2 Å². The zero-order valence-electron chi connectivity index (χ0n) is 11.2. The summed E-state index contributed by atoms with van der Waals surface area (Å²) in [5.74, 6) is 0.708. The van der Waals surface area contributed by atoms with E-state index in [4.69, 9.17) is 4.74 Å². The summed E-state index contributed by atoms with van der Waals surface area (Å²) in [5.41, 5.74) is 0.830. The van der Waals surface area contributed by atoms with Crippen LogP contribution in [0, 0.1) is 6.92 Å². The van der Waals surface area contributed by atoms with Crippen molar-refractivity contribution in [1.29, 1.82) is 0 Å². The molecule has 0 saturated carbocycles. The quantitative estimate of drug-likeness (QED) is 0.602. The third-order valence-electron chi connectivity index (χ3n) is 2.60. The normalized spacial score (nSPS) is 11.2. The van der Waals surface area contributed by atoms with Gasteiger partial charge in [-0.1, -0.05) is 18.2 Å². The summed E-state index contributed by atoms with van der Waals surface area (Å²) in [6, 6.07) is 9.29. The average molecular weight is 292 g/mol. The molecule has 0 N–H and O–H groups in total. The first-order valence-electron chi connectivity index (χ1n) is 6.27. The Labute approximate surface area is 118 Å². The van der Waals surface area contributed by atoms with Gasteiger partial charge in [0.2, 0.25) is 15.0 Å². The first kappa shape index (κ1) is 14.5. The Morgan fingerprint density at radius 1 is 1.10 bits per heavy atom. The number of hydrogen-bond donors (Lipinski definition) is 0. The van der Waals surface area contributed by atoms with E-state index >= 15 is 0 Å². The molecule has 0 saturated heterocycles. The molecule has 0 unspecified atom stereocenters. The number of ether oxygens (including phenoxy) is 1. The zero-order chi connectivity index (χ0) is 14.4. The van der Waals surface area contributed by atoms with E-state index in [1.807, 2.05) is 37.3 Å². The number of rotatable bonds is 6. The molecule has 0 aliphatic heterocycles. The lowest BCUT2D eigenvalue weighted by Crippen LogP contribution is -2.13. The standard InChI is InChI=1S/C14H16N2O3S/c1-12-10-15-14(16-11-12)20(17,18)9-5-8-19-13-6-3-2-4-7-13/h2-4,6-7,10-11H,5,8-9H2,1H3. The molecule has 0 spiro atoms. The molecule has 1 heterocycles. The van der Waals surface area contributed by atoms with Gasteiger partial charge in [-0.25, -0.2) is 18.4 Å². The van der Waals surface area contributed by atoms with Crippen LogP contribution in [-0.4, -0.2) is 30.7 Å². The number of aromatic nitrogens is 2. The van der Waals surface area contributed by atoms with Crippen molar-refractivity contribution in [3.05, 3.63) is 48.3 Å². The Kier molecular flexibility index (Phi) is 4.68. The number of nitrogens with zero attached hydrogens (tertiary/aromatic N) is 2. The van der Waals surface area contributed by atoms with Crippen molar-refractivity contribution in [2.24, 2.45) is 0 Å². The second kappa shape index (κ2) is 6.47. The second-order valence-electron chi connectivity index (χ2n) is 4.38. The third-order valence-corrected chi connectivity index (χ3v) is 4.20. The van der Waals surface area contributed by atoms with Crippen LogP contribution in [0.4, 0.5) is 0 Å². The second-order valence-corrected chi connectivity index (χ2v) is 6.38. The molecule has 0 amide bonds. The summed E-state index contributed by atoms with van der Waals surface area (Å²) in [7, 11) is -3.43. The number of sulfone groups is 1. The minimum absolute atomic E-state index is 0.0249. The summed E-state index contributed by atoms with van der Waals surface area (Å²) < 4.78 is 29.4. The number of hydrogen-bond acceptors (Lipinski definition) is 5. The van der Waals surface area contributed by atoms with Crippen LogP contribution in [0.2, 0.25) is 0 Å². The largest absolute Gasteiger partial charge is 0.494 e. The van der Waals surface area contributed by atoms with Gasteiger partial charge < -0.3 is 4.74 Å². The molecule has 2 rings (SSSR count). The number of para-hydroxylation sites is 1. The fourth-order valence-corrected chi connectivity index (χ4v) is 2.70. The van der Waals surface area contributed by atoms with Gasteiger partial charge in [0.1, 0.15) is 5.75 Å². The maximum absolute atomic E-state index is 12.0. The summed E-state index contributed by atoms with van der Waals surface area (Å²) in [6.45, 7) is 2.15. The summed E-state index contributed by atoms with van der Waals surface area (Å²) in [5, 5.41) is -0.122. The van der Waals surface area contributed by atoms with Crippen molar-refractivity contribution in [2.45, 2.75) is 18.5 Å². The Balaban J connectivity index is 1.85. The van der Waals surface area contributed by atoms with Crippen LogP contribution in [0.1, 0.15) is 12.0 Å². The molecular formula is C14H16N2O3S. The molecule has 0 bridgehead atoms. The van der Waals surface area contributed by atoms with Gasteiger partial charge >= 0.3 is 0 Å². The molecule has 0 aliphatic rings. The fraction of sp³-hybridized carbons (Fsp3) is 0.286. The molecule has 1 aromatic carbocycles. The lowest BCUT2D eigenvalue weighted by molar-refractivity contribution is 0.317. The molecule has 2 aromatic rings. The Morgan fingerprint density at radius 2 is 1.75 bits per heavy atom. The van der Waals surface area contributed by atoms with E-state index in [9.17, 15) is 8.42 Å². The molecule has 0 fully saturated rings. The lowest BCUT2D eigenvalue weighted by Gasteiger charge is -2.06.